The third-order valence-corrected chi connectivity index (χ3v) is 2.27. The molecular formula is C10H12N4O2. The van der Waals surface area contributed by atoms with E-state index in [0.29, 0.717) is 21.6 Å². The number of nitrogens with one attached hydrogen (secondary N) is 1. The highest BCUT2D eigenvalue weighted by Gasteiger charge is 2.18. The Kier molecular flexibility index (Phi) is 2.47. The molecule has 1 aromatic heterocycles. The van der Waals surface area contributed by atoms with Crippen molar-refractivity contribution in [3.8, 4) is 0 Å². The van der Waals surface area contributed by atoms with Crippen LogP contribution < -0.4 is 14.9 Å². The van der Waals surface area contributed by atoms with Gasteiger partial charge in [0.1, 0.15) is 0 Å². The molecule has 0 bridgehead atoms. The van der Waals surface area contributed by atoms with Crippen LogP contribution in [0.1, 0.15) is 12.5 Å². The maximum absolute atomic E-state index is 11.8. The largest absolute Gasteiger partial charge is 0.739 e. The lowest BCUT2D eigenvalue weighted by molar-refractivity contribution is -0.672. The van der Waals surface area contributed by atoms with Crippen LogP contribution in [0.25, 0.3) is 11.0 Å². The summed E-state index contributed by atoms with van der Waals surface area (Å²) >= 11 is 0. The second-order valence-electron chi connectivity index (χ2n) is 3.51. The average Bonchev–Trinajstić information content (AvgIpc) is 2.26. The quantitative estimate of drug-likeness (QED) is 0.581. The highest BCUT2D eigenvalue weighted by Crippen LogP contribution is 2.08. The lowest BCUT2D eigenvalue weighted by Crippen LogP contribution is -2.44. The van der Waals surface area contributed by atoms with Gasteiger partial charge in [-0.15, -0.1) is 0 Å². The zero-order chi connectivity index (χ0) is 11.7. The molecule has 0 saturated carbocycles. The van der Waals surface area contributed by atoms with Crippen LogP contribution in [0.15, 0.2) is 18.2 Å². The van der Waals surface area contributed by atoms with E-state index in [2.05, 4.69) is 10.4 Å². The summed E-state index contributed by atoms with van der Waals surface area (Å²) in [5.41, 5.74) is 1.50. The minimum Gasteiger partial charge on any atom is -0.739 e. The third-order valence-electron chi connectivity index (χ3n) is 2.27. The van der Waals surface area contributed by atoms with E-state index in [1.165, 1.54) is 0 Å². The van der Waals surface area contributed by atoms with Gasteiger partial charge in [-0.25, -0.2) is 4.73 Å². The van der Waals surface area contributed by atoms with Gasteiger partial charge in [-0.2, -0.15) is 0 Å². The minimum atomic E-state index is 0.0221. The molecule has 1 heterocycles. The van der Waals surface area contributed by atoms with Crippen LogP contribution in [0.2, 0.25) is 0 Å². The van der Waals surface area contributed by atoms with Crippen molar-refractivity contribution in [1.82, 2.24) is 5.10 Å². The number of rotatable bonds is 2. The average molecular weight is 220 g/mol. The van der Waals surface area contributed by atoms with Gasteiger partial charge in [-0.05, 0) is 25.5 Å². The van der Waals surface area contributed by atoms with Gasteiger partial charge in [0.2, 0.25) is 5.10 Å². The number of hydrogen-bond acceptors (Lipinski definition) is 4. The van der Waals surface area contributed by atoms with E-state index >= 15 is 0 Å². The van der Waals surface area contributed by atoms with E-state index in [4.69, 9.17) is 0 Å². The van der Waals surface area contributed by atoms with Crippen molar-refractivity contribution in [2.45, 2.75) is 13.8 Å². The summed E-state index contributed by atoms with van der Waals surface area (Å²) in [6.45, 7) is 4.22. The lowest BCUT2D eigenvalue weighted by atomic mass is 10.2. The molecule has 0 spiro atoms. The van der Waals surface area contributed by atoms with Crippen LogP contribution in [0.3, 0.4) is 0 Å². The maximum atomic E-state index is 11.8. The molecule has 0 unspecified atom stereocenters. The van der Waals surface area contributed by atoms with E-state index in [1.807, 2.05) is 13.8 Å². The van der Waals surface area contributed by atoms with Crippen LogP contribution in [0.5, 0.6) is 0 Å². The van der Waals surface area contributed by atoms with E-state index in [1.54, 1.807) is 18.2 Å². The number of nitrogens with zero attached hydrogens (tertiary/aromatic N) is 3. The van der Waals surface area contributed by atoms with Gasteiger partial charge < -0.3 is 10.4 Å². The molecule has 6 heteroatoms. The highest BCUT2D eigenvalue weighted by atomic mass is 16.5. The van der Waals surface area contributed by atoms with Crippen molar-refractivity contribution in [3.05, 3.63) is 34.2 Å². The van der Waals surface area contributed by atoms with E-state index in [0.717, 1.165) is 5.56 Å². The standard InChI is InChI=1S/C10H12N4O2/c1-3-11-10-12-14(16)9-6-7(2)4-5-8(9)13(10)15/h4-6H,3H2,1-2H3,(H,11,12). The third kappa shape index (κ3) is 1.58. The van der Waals surface area contributed by atoms with Crippen molar-refractivity contribution in [3.63, 3.8) is 0 Å². The minimum absolute atomic E-state index is 0.0221. The first-order valence-electron chi connectivity index (χ1n) is 5.01. The summed E-state index contributed by atoms with van der Waals surface area (Å²) in [7, 11) is 0. The van der Waals surface area contributed by atoms with Gasteiger partial charge in [0.25, 0.3) is 5.52 Å². The zero-order valence-corrected chi connectivity index (χ0v) is 9.10. The first-order chi connectivity index (χ1) is 7.63. The van der Waals surface area contributed by atoms with Crippen molar-refractivity contribution < 1.29 is 9.58 Å². The lowest BCUT2D eigenvalue weighted by Gasteiger charge is -2.09. The van der Waals surface area contributed by atoms with E-state index < -0.39 is 0 Å². The fourth-order valence-electron chi connectivity index (χ4n) is 1.52. The van der Waals surface area contributed by atoms with Crippen LogP contribution in [-0.4, -0.2) is 11.6 Å². The van der Waals surface area contributed by atoms with Gasteiger partial charge in [-0.1, -0.05) is 6.07 Å². The van der Waals surface area contributed by atoms with Crippen molar-refractivity contribution >= 4 is 17.0 Å². The number of aryl methyl sites for hydroxylation is 1. The number of fused-ring (bicyclic) bond motifs is 1. The summed E-state index contributed by atoms with van der Waals surface area (Å²) in [5.74, 6) is 0.0221. The molecule has 0 saturated heterocycles. The predicted octanol–water partition coefficient (Wildman–Crippen LogP) is 0.242. The Morgan fingerprint density at radius 1 is 1.31 bits per heavy atom. The summed E-state index contributed by atoms with van der Waals surface area (Å²) in [6.07, 6.45) is 0. The number of hydrogen-bond donors (Lipinski definition) is 1. The summed E-state index contributed by atoms with van der Waals surface area (Å²) in [4.78, 5) is 0.467. The van der Waals surface area contributed by atoms with Crippen molar-refractivity contribution in [2.75, 3.05) is 11.9 Å². The molecule has 2 aromatic rings. The fraction of sp³-hybridized carbons (Fsp3) is 0.300. The summed E-state index contributed by atoms with van der Waals surface area (Å²) < 4.78 is 0.632. The molecule has 1 aromatic carbocycles. The summed E-state index contributed by atoms with van der Waals surface area (Å²) in [6, 6.07) is 5.04. The Hall–Kier alpha value is -2.11. The van der Waals surface area contributed by atoms with Crippen molar-refractivity contribution in [1.29, 1.82) is 0 Å². The van der Waals surface area contributed by atoms with Gasteiger partial charge in [-0.3, -0.25) is 5.32 Å². The smallest absolute Gasteiger partial charge is 0.460 e. The molecule has 6 nitrogen and oxygen atoms in total. The van der Waals surface area contributed by atoms with Crippen LogP contribution in [0.4, 0.5) is 5.95 Å². The molecule has 0 radical (unpaired) electrons. The van der Waals surface area contributed by atoms with Crippen LogP contribution in [-0.2, 0) is 0 Å². The van der Waals surface area contributed by atoms with Gasteiger partial charge in [0.15, 0.2) is 5.52 Å². The first kappa shape index (κ1) is 10.4. The second-order valence-corrected chi connectivity index (χ2v) is 3.51. The SMILES string of the molecule is CCNc1n[n+]([O-])c2cc(C)ccc2[n+]1[O-]. The normalized spacial score (nSPS) is 10.6. The molecular weight excluding hydrogens is 208 g/mol. The van der Waals surface area contributed by atoms with Gasteiger partial charge in [0.05, 0.1) is 6.54 Å². The molecule has 16 heavy (non-hydrogen) atoms. The highest BCUT2D eigenvalue weighted by molar-refractivity contribution is 5.68. The van der Waals surface area contributed by atoms with E-state index in [-0.39, 0.29) is 11.5 Å². The Morgan fingerprint density at radius 2 is 2.06 bits per heavy atom. The molecule has 1 N–H and O–H groups in total. The van der Waals surface area contributed by atoms with E-state index in [9.17, 15) is 10.4 Å². The maximum Gasteiger partial charge on any atom is 0.460 e. The Morgan fingerprint density at radius 3 is 2.75 bits per heavy atom. The van der Waals surface area contributed by atoms with Crippen molar-refractivity contribution in [2.24, 2.45) is 0 Å². The molecule has 0 aliphatic rings. The Labute approximate surface area is 92.3 Å². The Bertz CT molecular complexity index is 542. The van der Waals surface area contributed by atoms with Crippen LogP contribution in [0, 0.1) is 17.3 Å². The monoisotopic (exact) mass is 220 g/mol. The molecule has 0 aliphatic heterocycles. The van der Waals surface area contributed by atoms with Gasteiger partial charge >= 0.3 is 5.95 Å². The topological polar surface area (TPSA) is 78.8 Å². The molecule has 0 aliphatic carbocycles. The first-order valence-corrected chi connectivity index (χ1v) is 5.01. The number of aromatic nitrogens is 3. The second kappa shape index (κ2) is 3.80. The predicted molar refractivity (Wildman–Crippen MR) is 58.6 cm³/mol. The molecule has 0 atom stereocenters. The molecule has 0 amide bonds. The number of anilines is 1. The van der Waals surface area contributed by atoms with Crippen LogP contribution >= 0.6 is 0 Å². The zero-order valence-electron chi connectivity index (χ0n) is 9.10. The molecule has 84 valence electrons. The number of benzene rings is 1. The van der Waals surface area contributed by atoms with Gasteiger partial charge in [0, 0.05) is 10.9 Å². The Balaban J connectivity index is 2.74. The summed E-state index contributed by atoms with van der Waals surface area (Å²) in [5, 5.41) is 29.8. The molecule has 2 rings (SSSR count). The molecule has 0 fully saturated rings. The fourth-order valence-corrected chi connectivity index (χ4v) is 1.52.